The summed E-state index contributed by atoms with van der Waals surface area (Å²) in [5.74, 6) is -0.273. The molecule has 0 bridgehead atoms. The van der Waals surface area contributed by atoms with E-state index in [0.717, 1.165) is 22.9 Å². The number of para-hydroxylation sites is 2. The van der Waals surface area contributed by atoms with Gasteiger partial charge in [0.05, 0.1) is 11.3 Å². The number of hydrogen-bond acceptors (Lipinski definition) is 2. The molecule has 0 aliphatic carbocycles. The molecule has 26 heavy (non-hydrogen) atoms. The van der Waals surface area contributed by atoms with E-state index in [0.29, 0.717) is 30.6 Å². The minimum atomic E-state index is -0.167. The van der Waals surface area contributed by atoms with E-state index in [4.69, 9.17) is 0 Å². The molecule has 5 nitrogen and oxygen atoms in total. The first-order valence-electron chi connectivity index (χ1n) is 8.91. The van der Waals surface area contributed by atoms with Gasteiger partial charge in [-0.05, 0) is 36.6 Å². The molecule has 1 heterocycles. The molecule has 0 radical (unpaired) electrons. The molecule has 0 unspecified atom stereocenters. The van der Waals surface area contributed by atoms with Gasteiger partial charge in [-0.15, -0.1) is 0 Å². The molecule has 0 saturated heterocycles. The fourth-order valence-electron chi connectivity index (χ4n) is 2.92. The first-order valence-corrected chi connectivity index (χ1v) is 8.91. The van der Waals surface area contributed by atoms with Crippen LogP contribution in [0.1, 0.15) is 35.7 Å². The van der Waals surface area contributed by atoms with Gasteiger partial charge in [0.25, 0.3) is 5.91 Å². The zero-order valence-electron chi connectivity index (χ0n) is 14.8. The van der Waals surface area contributed by atoms with Crippen LogP contribution in [0.15, 0.2) is 54.7 Å². The molecular weight excluding hydrogens is 326 g/mol. The summed E-state index contributed by atoms with van der Waals surface area (Å²) in [4.78, 5) is 27.8. The Labute approximate surface area is 152 Å². The van der Waals surface area contributed by atoms with Crippen LogP contribution in [-0.4, -0.2) is 23.3 Å². The van der Waals surface area contributed by atoms with Gasteiger partial charge in [0.1, 0.15) is 0 Å². The van der Waals surface area contributed by atoms with Crippen molar-refractivity contribution in [2.75, 3.05) is 11.9 Å². The number of fused-ring (bicyclic) bond motifs is 1. The number of aromatic amines is 1. The van der Waals surface area contributed by atoms with Crippen LogP contribution in [0.5, 0.6) is 0 Å². The number of benzene rings is 2. The Morgan fingerprint density at radius 1 is 1.04 bits per heavy atom. The lowest BCUT2D eigenvalue weighted by atomic mass is 10.1. The third kappa shape index (κ3) is 4.11. The largest absolute Gasteiger partial charge is 0.361 e. The fraction of sp³-hybridized carbons (Fsp3) is 0.238. The maximum Gasteiger partial charge on any atom is 0.253 e. The van der Waals surface area contributed by atoms with E-state index < -0.39 is 0 Å². The second-order valence-corrected chi connectivity index (χ2v) is 6.21. The smallest absolute Gasteiger partial charge is 0.253 e. The van der Waals surface area contributed by atoms with Crippen LogP contribution in [0.3, 0.4) is 0 Å². The maximum atomic E-state index is 12.4. The molecule has 1 aromatic heterocycles. The van der Waals surface area contributed by atoms with Crippen LogP contribution in [0.4, 0.5) is 5.69 Å². The second-order valence-electron chi connectivity index (χ2n) is 6.21. The molecule has 134 valence electrons. The van der Waals surface area contributed by atoms with Gasteiger partial charge in [0, 0.05) is 30.1 Å². The summed E-state index contributed by atoms with van der Waals surface area (Å²) in [5.41, 5.74) is 3.22. The number of carbonyl (C=O) groups is 2. The number of rotatable bonds is 7. The summed E-state index contributed by atoms with van der Waals surface area (Å²) >= 11 is 0. The second kappa shape index (κ2) is 8.34. The van der Waals surface area contributed by atoms with E-state index in [1.165, 1.54) is 0 Å². The van der Waals surface area contributed by atoms with E-state index in [2.05, 4.69) is 15.6 Å². The van der Waals surface area contributed by atoms with E-state index in [1.807, 2.05) is 43.5 Å². The number of H-pyrrole nitrogens is 1. The number of carbonyl (C=O) groups excluding carboxylic acids is 2. The average molecular weight is 349 g/mol. The number of aromatic nitrogens is 1. The number of anilines is 1. The van der Waals surface area contributed by atoms with Crippen molar-refractivity contribution in [2.45, 2.75) is 26.2 Å². The Morgan fingerprint density at radius 3 is 2.65 bits per heavy atom. The molecule has 3 rings (SSSR count). The summed E-state index contributed by atoms with van der Waals surface area (Å²) in [6, 6.07) is 15.1. The average Bonchev–Trinajstić information content (AvgIpc) is 3.08. The highest BCUT2D eigenvalue weighted by atomic mass is 16.2. The van der Waals surface area contributed by atoms with Crippen molar-refractivity contribution < 1.29 is 9.59 Å². The highest BCUT2D eigenvalue weighted by Gasteiger charge is 2.13. The highest BCUT2D eigenvalue weighted by Crippen LogP contribution is 2.20. The van der Waals surface area contributed by atoms with Crippen molar-refractivity contribution in [2.24, 2.45) is 0 Å². The SMILES string of the molecule is CCCNC(=O)c1ccccc1NC(=O)CCc1c[nH]c2ccccc12. The van der Waals surface area contributed by atoms with Crippen molar-refractivity contribution in [1.29, 1.82) is 0 Å². The minimum Gasteiger partial charge on any atom is -0.361 e. The summed E-state index contributed by atoms with van der Waals surface area (Å²) < 4.78 is 0. The third-order valence-electron chi connectivity index (χ3n) is 4.28. The summed E-state index contributed by atoms with van der Waals surface area (Å²) in [7, 11) is 0. The van der Waals surface area contributed by atoms with Crippen LogP contribution in [0.2, 0.25) is 0 Å². The number of amides is 2. The standard InChI is InChI=1S/C21H23N3O2/c1-2-13-22-21(26)17-8-4-6-10-19(17)24-20(25)12-11-15-14-23-18-9-5-3-7-16(15)18/h3-10,14,23H,2,11-13H2,1H3,(H,22,26)(H,24,25). The van der Waals surface area contributed by atoms with Crippen LogP contribution >= 0.6 is 0 Å². The number of nitrogens with one attached hydrogen (secondary N) is 3. The van der Waals surface area contributed by atoms with Crippen molar-refractivity contribution in [1.82, 2.24) is 10.3 Å². The predicted octanol–water partition coefficient (Wildman–Crippen LogP) is 3.88. The molecule has 3 aromatic rings. The molecule has 0 saturated carbocycles. The Hall–Kier alpha value is -3.08. The normalized spacial score (nSPS) is 10.7. The van der Waals surface area contributed by atoms with Crippen LogP contribution in [0.25, 0.3) is 10.9 Å². The molecule has 0 atom stereocenters. The van der Waals surface area contributed by atoms with Crippen molar-refractivity contribution in [3.05, 3.63) is 65.9 Å². The van der Waals surface area contributed by atoms with E-state index in [-0.39, 0.29) is 11.8 Å². The zero-order chi connectivity index (χ0) is 18.4. The Kier molecular flexibility index (Phi) is 5.69. The van der Waals surface area contributed by atoms with E-state index >= 15 is 0 Å². The van der Waals surface area contributed by atoms with Gasteiger partial charge in [0.2, 0.25) is 5.91 Å². The molecule has 0 aliphatic rings. The topological polar surface area (TPSA) is 74.0 Å². The van der Waals surface area contributed by atoms with E-state index in [9.17, 15) is 9.59 Å². The molecule has 2 amide bonds. The Bertz CT molecular complexity index is 914. The molecular formula is C21H23N3O2. The zero-order valence-corrected chi connectivity index (χ0v) is 14.8. The number of aryl methyl sites for hydroxylation is 1. The fourth-order valence-corrected chi connectivity index (χ4v) is 2.92. The maximum absolute atomic E-state index is 12.4. The lowest BCUT2D eigenvalue weighted by Crippen LogP contribution is -2.25. The van der Waals surface area contributed by atoms with Crippen molar-refractivity contribution >= 4 is 28.4 Å². The van der Waals surface area contributed by atoms with Crippen molar-refractivity contribution in [3.8, 4) is 0 Å². The predicted molar refractivity (Wildman–Crippen MR) is 104 cm³/mol. The van der Waals surface area contributed by atoms with Gasteiger partial charge in [-0.25, -0.2) is 0 Å². The van der Waals surface area contributed by atoms with Gasteiger partial charge >= 0.3 is 0 Å². The number of hydrogen-bond donors (Lipinski definition) is 3. The first kappa shape index (κ1) is 17.7. The van der Waals surface area contributed by atoms with Crippen molar-refractivity contribution in [3.63, 3.8) is 0 Å². The summed E-state index contributed by atoms with van der Waals surface area (Å²) in [6.07, 6.45) is 3.81. The van der Waals surface area contributed by atoms with Gasteiger partial charge in [-0.3, -0.25) is 9.59 Å². The molecule has 3 N–H and O–H groups in total. The van der Waals surface area contributed by atoms with E-state index in [1.54, 1.807) is 18.2 Å². The molecule has 5 heteroatoms. The molecule has 0 aliphatic heterocycles. The van der Waals surface area contributed by atoms with Crippen LogP contribution in [0, 0.1) is 0 Å². The highest BCUT2D eigenvalue weighted by molar-refractivity contribution is 6.03. The Morgan fingerprint density at radius 2 is 1.81 bits per heavy atom. The lowest BCUT2D eigenvalue weighted by molar-refractivity contribution is -0.116. The lowest BCUT2D eigenvalue weighted by Gasteiger charge is -2.11. The summed E-state index contributed by atoms with van der Waals surface area (Å²) in [6.45, 7) is 2.61. The molecule has 2 aromatic carbocycles. The van der Waals surface area contributed by atoms with Gasteiger partial charge in [-0.1, -0.05) is 37.3 Å². The van der Waals surface area contributed by atoms with Gasteiger partial charge in [0.15, 0.2) is 0 Å². The molecule has 0 fully saturated rings. The van der Waals surface area contributed by atoms with Crippen LogP contribution in [-0.2, 0) is 11.2 Å². The first-order chi connectivity index (χ1) is 12.7. The monoisotopic (exact) mass is 349 g/mol. The third-order valence-corrected chi connectivity index (χ3v) is 4.28. The molecule has 0 spiro atoms. The Balaban J connectivity index is 1.64. The minimum absolute atomic E-state index is 0.106. The van der Waals surface area contributed by atoms with Gasteiger partial charge < -0.3 is 15.6 Å². The quantitative estimate of drug-likeness (QED) is 0.605. The summed E-state index contributed by atoms with van der Waals surface area (Å²) in [5, 5.41) is 6.85. The van der Waals surface area contributed by atoms with Gasteiger partial charge in [-0.2, -0.15) is 0 Å². The van der Waals surface area contributed by atoms with Crippen LogP contribution < -0.4 is 10.6 Å².